The Kier molecular flexibility index (Phi) is 2.59. The molecule has 0 aromatic heterocycles. The fourth-order valence-electron chi connectivity index (χ4n) is 1.88. The van der Waals surface area contributed by atoms with Gasteiger partial charge < -0.3 is 9.84 Å². The molecule has 1 saturated heterocycles. The molecule has 1 N–H and O–H groups in total. The first kappa shape index (κ1) is 9.75. The van der Waals surface area contributed by atoms with Gasteiger partial charge in [-0.1, -0.05) is 6.58 Å². The van der Waals surface area contributed by atoms with Crippen LogP contribution in [0.4, 0.5) is 0 Å². The Hall–Kier alpha value is -0.340. The maximum absolute atomic E-state index is 10.1. The maximum Gasteiger partial charge on any atom is 0.0900 e. The number of aliphatic hydroxyl groups is 1. The first-order valence-corrected chi connectivity index (χ1v) is 4.48. The van der Waals surface area contributed by atoms with Gasteiger partial charge in [-0.3, -0.25) is 0 Å². The largest absolute Gasteiger partial charge is 0.385 e. The molecular weight excluding hydrogens is 152 g/mol. The maximum atomic E-state index is 10.1. The molecule has 0 aliphatic carbocycles. The monoisotopic (exact) mass is 170 g/mol. The van der Waals surface area contributed by atoms with E-state index in [9.17, 15) is 5.11 Å². The molecule has 2 heteroatoms. The van der Waals surface area contributed by atoms with Crippen molar-refractivity contribution in [3.8, 4) is 0 Å². The van der Waals surface area contributed by atoms with E-state index in [-0.39, 0.29) is 12.2 Å². The van der Waals surface area contributed by atoms with Gasteiger partial charge in [-0.2, -0.15) is 0 Å². The second kappa shape index (κ2) is 3.19. The minimum absolute atomic E-state index is 0.135. The molecule has 2 unspecified atom stereocenters. The van der Waals surface area contributed by atoms with Crippen molar-refractivity contribution in [1.29, 1.82) is 0 Å². The van der Waals surface area contributed by atoms with E-state index in [1.54, 1.807) is 0 Å². The van der Waals surface area contributed by atoms with Crippen LogP contribution in [0.3, 0.4) is 0 Å². The Labute approximate surface area is 74.2 Å². The molecule has 1 aliphatic rings. The van der Waals surface area contributed by atoms with Crippen LogP contribution in [0.2, 0.25) is 0 Å². The molecule has 0 aromatic carbocycles. The number of ether oxygens (including phenoxy) is 1. The molecular formula is C10H18O2. The lowest BCUT2D eigenvalue weighted by atomic mass is 9.83. The highest BCUT2D eigenvalue weighted by Crippen LogP contribution is 2.33. The van der Waals surface area contributed by atoms with Gasteiger partial charge in [0.2, 0.25) is 0 Å². The van der Waals surface area contributed by atoms with Crippen molar-refractivity contribution in [2.75, 3.05) is 0 Å². The second-order valence-electron chi connectivity index (χ2n) is 3.98. The van der Waals surface area contributed by atoms with Crippen LogP contribution in [-0.4, -0.2) is 22.9 Å². The van der Waals surface area contributed by atoms with Gasteiger partial charge >= 0.3 is 0 Å². The van der Waals surface area contributed by atoms with Crippen LogP contribution in [0, 0.1) is 0 Å². The third kappa shape index (κ3) is 1.87. The summed E-state index contributed by atoms with van der Waals surface area (Å²) in [6.07, 6.45) is 1.62. The van der Waals surface area contributed by atoms with Crippen molar-refractivity contribution < 1.29 is 9.84 Å². The molecule has 1 aliphatic heterocycles. The SMILES string of the molecule is C=C(C)C1(O)CC(C)OC(C)C1. The zero-order valence-electron chi connectivity index (χ0n) is 8.13. The van der Waals surface area contributed by atoms with Gasteiger partial charge in [-0.05, 0) is 26.3 Å². The average Bonchev–Trinajstić information content (AvgIpc) is 1.82. The van der Waals surface area contributed by atoms with E-state index in [2.05, 4.69) is 6.58 Å². The van der Waals surface area contributed by atoms with Crippen molar-refractivity contribution in [3.63, 3.8) is 0 Å². The van der Waals surface area contributed by atoms with Crippen molar-refractivity contribution in [1.82, 2.24) is 0 Å². The Bertz CT molecular complexity index is 176. The molecule has 0 bridgehead atoms. The van der Waals surface area contributed by atoms with Gasteiger partial charge in [-0.25, -0.2) is 0 Å². The molecule has 12 heavy (non-hydrogen) atoms. The van der Waals surface area contributed by atoms with E-state index in [0.717, 1.165) is 5.57 Å². The molecule has 1 heterocycles. The predicted octanol–water partition coefficient (Wildman–Crippen LogP) is 1.88. The third-order valence-electron chi connectivity index (χ3n) is 2.51. The van der Waals surface area contributed by atoms with E-state index >= 15 is 0 Å². The van der Waals surface area contributed by atoms with Crippen LogP contribution in [0.5, 0.6) is 0 Å². The smallest absolute Gasteiger partial charge is 0.0900 e. The number of hydrogen-bond donors (Lipinski definition) is 1. The highest BCUT2D eigenvalue weighted by Gasteiger charge is 2.37. The summed E-state index contributed by atoms with van der Waals surface area (Å²) >= 11 is 0. The number of hydrogen-bond acceptors (Lipinski definition) is 2. The first-order valence-electron chi connectivity index (χ1n) is 4.48. The zero-order valence-corrected chi connectivity index (χ0v) is 8.13. The van der Waals surface area contributed by atoms with E-state index in [1.165, 1.54) is 0 Å². The van der Waals surface area contributed by atoms with E-state index in [0.29, 0.717) is 12.8 Å². The quantitative estimate of drug-likeness (QED) is 0.609. The lowest BCUT2D eigenvalue weighted by Crippen LogP contribution is -2.43. The summed E-state index contributed by atoms with van der Waals surface area (Å²) < 4.78 is 5.53. The van der Waals surface area contributed by atoms with E-state index in [1.807, 2.05) is 20.8 Å². The third-order valence-corrected chi connectivity index (χ3v) is 2.51. The molecule has 0 spiro atoms. The summed E-state index contributed by atoms with van der Waals surface area (Å²) in [6.45, 7) is 9.67. The molecule has 2 nitrogen and oxygen atoms in total. The van der Waals surface area contributed by atoms with E-state index < -0.39 is 5.60 Å². The Morgan fingerprint density at radius 2 is 1.83 bits per heavy atom. The van der Waals surface area contributed by atoms with Crippen LogP contribution < -0.4 is 0 Å². The summed E-state index contributed by atoms with van der Waals surface area (Å²) in [5.41, 5.74) is 0.154. The van der Waals surface area contributed by atoms with Crippen molar-refractivity contribution >= 4 is 0 Å². The molecule has 0 aromatic rings. The lowest BCUT2D eigenvalue weighted by Gasteiger charge is -2.39. The molecule has 1 fully saturated rings. The molecule has 0 radical (unpaired) electrons. The Morgan fingerprint density at radius 1 is 1.42 bits per heavy atom. The molecule has 70 valence electrons. The highest BCUT2D eigenvalue weighted by atomic mass is 16.5. The Balaban J connectivity index is 2.71. The first-order chi connectivity index (χ1) is 5.44. The topological polar surface area (TPSA) is 29.5 Å². The minimum atomic E-state index is -0.697. The van der Waals surface area contributed by atoms with Crippen LogP contribution in [-0.2, 0) is 4.74 Å². The van der Waals surface area contributed by atoms with Crippen LogP contribution in [0.25, 0.3) is 0 Å². The molecule has 2 atom stereocenters. The normalized spacial score (nSPS) is 42.7. The van der Waals surface area contributed by atoms with Gasteiger partial charge in [0.15, 0.2) is 0 Å². The average molecular weight is 170 g/mol. The minimum Gasteiger partial charge on any atom is -0.385 e. The summed E-state index contributed by atoms with van der Waals surface area (Å²) in [6, 6.07) is 0. The van der Waals surface area contributed by atoms with Crippen LogP contribution in [0.15, 0.2) is 12.2 Å². The molecule has 0 amide bonds. The zero-order chi connectivity index (χ0) is 9.35. The van der Waals surface area contributed by atoms with Gasteiger partial charge in [0, 0.05) is 12.8 Å². The van der Waals surface area contributed by atoms with Crippen molar-refractivity contribution in [2.24, 2.45) is 0 Å². The fraction of sp³-hybridized carbons (Fsp3) is 0.800. The van der Waals surface area contributed by atoms with Crippen molar-refractivity contribution in [2.45, 2.75) is 51.4 Å². The lowest BCUT2D eigenvalue weighted by molar-refractivity contribution is -0.114. The van der Waals surface area contributed by atoms with Gasteiger partial charge in [0.25, 0.3) is 0 Å². The highest BCUT2D eigenvalue weighted by molar-refractivity contribution is 5.11. The summed E-state index contributed by atoms with van der Waals surface area (Å²) in [4.78, 5) is 0. The second-order valence-corrected chi connectivity index (χ2v) is 3.98. The standard InChI is InChI=1S/C10H18O2/c1-7(2)10(11)5-8(3)12-9(4)6-10/h8-9,11H,1,5-6H2,2-4H3. The predicted molar refractivity (Wildman–Crippen MR) is 49.0 cm³/mol. The van der Waals surface area contributed by atoms with Crippen molar-refractivity contribution in [3.05, 3.63) is 12.2 Å². The van der Waals surface area contributed by atoms with Gasteiger partial charge in [0.1, 0.15) is 0 Å². The summed E-state index contributed by atoms with van der Waals surface area (Å²) in [7, 11) is 0. The van der Waals surface area contributed by atoms with Crippen LogP contribution in [0.1, 0.15) is 33.6 Å². The van der Waals surface area contributed by atoms with Gasteiger partial charge in [0.05, 0.1) is 17.8 Å². The Morgan fingerprint density at radius 3 is 2.17 bits per heavy atom. The van der Waals surface area contributed by atoms with Crippen LogP contribution >= 0.6 is 0 Å². The number of rotatable bonds is 1. The fourth-order valence-corrected chi connectivity index (χ4v) is 1.88. The van der Waals surface area contributed by atoms with E-state index in [4.69, 9.17) is 4.74 Å². The molecule has 1 rings (SSSR count). The molecule has 0 saturated carbocycles. The summed E-state index contributed by atoms with van der Waals surface area (Å²) in [5, 5.41) is 10.1. The summed E-state index contributed by atoms with van der Waals surface area (Å²) in [5.74, 6) is 0. The van der Waals surface area contributed by atoms with Gasteiger partial charge in [-0.15, -0.1) is 0 Å².